The van der Waals surface area contributed by atoms with Crippen molar-refractivity contribution in [1.29, 1.82) is 0 Å². The van der Waals surface area contributed by atoms with Crippen molar-refractivity contribution in [1.82, 2.24) is 19.7 Å². The standard InChI is InChI=1S/C9H10ClN5O2/c1-2-6-13-7(17-14-6)4-15-5(11)3-12-8(10)9(15)16/h3H,2,4,11H2,1H3. The maximum Gasteiger partial charge on any atom is 0.290 e. The first kappa shape index (κ1) is 11.6. The van der Waals surface area contributed by atoms with E-state index in [4.69, 9.17) is 21.9 Å². The first-order valence-electron chi connectivity index (χ1n) is 4.94. The van der Waals surface area contributed by atoms with Gasteiger partial charge in [-0.15, -0.1) is 0 Å². The van der Waals surface area contributed by atoms with Gasteiger partial charge in [0.2, 0.25) is 5.89 Å². The number of anilines is 1. The molecule has 2 rings (SSSR count). The van der Waals surface area contributed by atoms with Gasteiger partial charge in [0, 0.05) is 6.42 Å². The zero-order valence-electron chi connectivity index (χ0n) is 9.05. The predicted octanol–water partition coefficient (Wildman–Crippen LogP) is 0.473. The van der Waals surface area contributed by atoms with Gasteiger partial charge in [0.05, 0.1) is 6.20 Å². The van der Waals surface area contributed by atoms with Gasteiger partial charge in [-0.2, -0.15) is 4.98 Å². The number of nitrogens with zero attached hydrogens (tertiary/aromatic N) is 4. The molecule has 0 aliphatic carbocycles. The lowest BCUT2D eigenvalue weighted by molar-refractivity contribution is 0.365. The zero-order chi connectivity index (χ0) is 12.4. The summed E-state index contributed by atoms with van der Waals surface area (Å²) in [6.07, 6.45) is 1.96. The summed E-state index contributed by atoms with van der Waals surface area (Å²) in [6, 6.07) is 0. The lowest BCUT2D eigenvalue weighted by atomic mass is 10.5. The van der Waals surface area contributed by atoms with Gasteiger partial charge >= 0.3 is 0 Å². The Morgan fingerprint density at radius 1 is 1.59 bits per heavy atom. The van der Waals surface area contributed by atoms with Crippen LogP contribution < -0.4 is 11.3 Å². The monoisotopic (exact) mass is 255 g/mol. The Kier molecular flexibility index (Phi) is 3.10. The van der Waals surface area contributed by atoms with E-state index in [1.807, 2.05) is 6.92 Å². The fraction of sp³-hybridized carbons (Fsp3) is 0.333. The average molecular weight is 256 g/mol. The first-order chi connectivity index (χ1) is 8.11. The van der Waals surface area contributed by atoms with E-state index in [1.165, 1.54) is 10.8 Å². The third kappa shape index (κ3) is 2.28. The quantitative estimate of drug-likeness (QED) is 0.856. The van der Waals surface area contributed by atoms with Crippen LogP contribution in [0, 0.1) is 0 Å². The van der Waals surface area contributed by atoms with Crippen LogP contribution in [-0.2, 0) is 13.0 Å². The van der Waals surface area contributed by atoms with Gasteiger partial charge in [-0.1, -0.05) is 23.7 Å². The molecule has 8 heteroatoms. The summed E-state index contributed by atoms with van der Waals surface area (Å²) in [6.45, 7) is 1.98. The Hall–Kier alpha value is -1.89. The molecule has 0 atom stereocenters. The summed E-state index contributed by atoms with van der Waals surface area (Å²) < 4.78 is 6.19. The molecule has 0 aromatic carbocycles. The minimum Gasteiger partial charge on any atom is -0.384 e. The zero-order valence-corrected chi connectivity index (χ0v) is 9.81. The van der Waals surface area contributed by atoms with Gasteiger partial charge in [0.15, 0.2) is 11.0 Å². The Balaban J connectivity index is 2.36. The number of aromatic nitrogens is 4. The number of nitrogen functional groups attached to an aromatic ring is 1. The molecule has 0 saturated heterocycles. The fourth-order valence-corrected chi connectivity index (χ4v) is 1.42. The molecule has 0 saturated carbocycles. The van der Waals surface area contributed by atoms with Crippen LogP contribution >= 0.6 is 11.6 Å². The molecule has 0 amide bonds. The van der Waals surface area contributed by atoms with E-state index in [1.54, 1.807) is 0 Å². The summed E-state index contributed by atoms with van der Waals surface area (Å²) in [7, 11) is 0. The highest BCUT2D eigenvalue weighted by atomic mass is 35.5. The van der Waals surface area contributed by atoms with E-state index in [-0.39, 0.29) is 17.5 Å². The number of halogens is 1. The van der Waals surface area contributed by atoms with Crippen molar-refractivity contribution in [2.75, 3.05) is 5.73 Å². The smallest absolute Gasteiger partial charge is 0.290 e. The van der Waals surface area contributed by atoms with Crippen LogP contribution in [0.25, 0.3) is 0 Å². The van der Waals surface area contributed by atoms with Crippen LogP contribution in [0.1, 0.15) is 18.6 Å². The number of nitrogens with two attached hydrogens (primary N) is 1. The molecular weight excluding hydrogens is 246 g/mol. The molecule has 2 aromatic rings. The maximum absolute atomic E-state index is 11.7. The number of aryl methyl sites for hydroxylation is 1. The van der Waals surface area contributed by atoms with Crippen LogP contribution in [0.4, 0.5) is 5.82 Å². The molecule has 2 N–H and O–H groups in total. The number of hydrogen-bond acceptors (Lipinski definition) is 6. The summed E-state index contributed by atoms with van der Waals surface area (Å²) in [4.78, 5) is 19.4. The molecule has 0 spiro atoms. The molecule has 0 aliphatic rings. The van der Waals surface area contributed by atoms with Crippen molar-refractivity contribution in [2.45, 2.75) is 19.9 Å². The van der Waals surface area contributed by atoms with Crippen molar-refractivity contribution in [3.8, 4) is 0 Å². The molecule has 2 aromatic heterocycles. The minimum atomic E-state index is -0.483. The normalized spacial score (nSPS) is 10.7. The SMILES string of the molecule is CCc1noc(Cn2c(N)cnc(Cl)c2=O)n1. The highest BCUT2D eigenvalue weighted by molar-refractivity contribution is 6.29. The van der Waals surface area contributed by atoms with E-state index >= 15 is 0 Å². The Labute approximate surface area is 101 Å². The highest BCUT2D eigenvalue weighted by Crippen LogP contribution is 2.06. The van der Waals surface area contributed by atoms with Crippen molar-refractivity contribution < 1.29 is 4.52 Å². The number of hydrogen-bond donors (Lipinski definition) is 1. The first-order valence-corrected chi connectivity index (χ1v) is 5.32. The molecule has 0 radical (unpaired) electrons. The average Bonchev–Trinajstić information content (AvgIpc) is 2.77. The van der Waals surface area contributed by atoms with Crippen LogP contribution in [-0.4, -0.2) is 19.7 Å². The van der Waals surface area contributed by atoms with Crippen LogP contribution in [0.2, 0.25) is 5.15 Å². The molecule has 2 heterocycles. The van der Waals surface area contributed by atoms with Crippen LogP contribution in [0.15, 0.2) is 15.5 Å². The van der Waals surface area contributed by atoms with Crippen LogP contribution in [0.5, 0.6) is 0 Å². The van der Waals surface area contributed by atoms with Gasteiger partial charge in [0.1, 0.15) is 12.4 Å². The van der Waals surface area contributed by atoms with E-state index in [0.29, 0.717) is 18.1 Å². The van der Waals surface area contributed by atoms with E-state index < -0.39 is 5.56 Å². The molecule has 0 unspecified atom stereocenters. The van der Waals surface area contributed by atoms with E-state index in [0.717, 1.165) is 0 Å². The van der Waals surface area contributed by atoms with Crippen molar-refractivity contribution >= 4 is 17.4 Å². The summed E-state index contributed by atoms with van der Waals surface area (Å²) >= 11 is 5.62. The van der Waals surface area contributed by atoms with Gasteiger partial charge < -0.3 is 10.3 Å². The van der Waals surface area contributed by atoms with Gasteiger partial charge in [0.25, 0.3) is 5.56 Å². The van der Waals surface area contributed by atoms with Crippen molar-refractivity contribution in [2.24, 2.45) is 0 Å². The minimum absolute atomic E-state index is 0.0832. The summed E-state index contributed by atoms with van der Waals surface area (Å²) in [5.41, 5.74) is 5.15. The second-order valence-electron chi connectivity index (χ2n) is 3.32. The second kappa shape index (κ2) is 4.54. The van der Waals surface area contributed by atoms with Gasteiger partial charge in [-0.05, 0) is 0 Å². The molecule has 90 valence electrons. The highest BCUT2D eigenvalue weighted by Gasteiger charge is 2.11. The summed E-state index contributed by atoms with van der Waals surface area (Å²) in [5.74, 6) is 1.07. The molecule has 0 fully saturated rings. The Morgan fingerprint density at radius 2 is 2.35 bits per heavy atom. The number of rotatable bonds is 3. The van der Waals surface area contributed by atoms with Crippen molar-refractivity contribution in [3.63, 3.8) is 0 Å². The Bertz CT molecular complexity index is 591. The molecule has 17 heavy (non-hydrogen) atoms. The largest absolute Gasteiger partial charge is 0.384 e. The molecular formula is C9H10ClN5O2. The lowest BCUT2D eigenvalue weighted by Gasteiger charge is -2.05. The Morgan fingerprint density at radius 3 is 3.00 bits per heavy atom. The molecule has 0 aliphatic heterocycles. The van der Waals surface area contributed by atoms with Crippen LogP contribution in [0.3, 0.4) is 0 Å². The van der Waals surface area contributed by atoms with Gasteiger partial charge in [-0.3, -0.25) is 9.36 Å². The van der Waals surface area contributed by atoms with Crippen molar-refractivity contribution in [3.05, 3.63) is 33.4 Å². The topological polar surface area (TPSA) is 99.8 Å². The lowest BCUT2D eigenvalue weighted by Crippen LogP contribution is -2.24. The summed E-state index contributed by atoms with van der Waals surface area (Å²) in [5, 5.41) is 3.58. The second-order valence-corrected chi connectivity index (χ2v) is 3.68. The maximum atomic E-state index is 11.7. The predicted molar refractivity (Wildman–Crippen MR) is 60.7 cm³/mol. The molecule has 7 nitrogen and oxygen atoms in total. The third-order valence-corrected chi connectivity index (χ3v) is 2.42. The van der Waals surface area contributed by atoms with Gasteiger partial charge in [-0.25, -0.2) is 4.98 Å². The fourth-order valence-electron chi connectivity index (χ4n) is 1.27. The third-order valence-electron chi connectivity index (χ3n) is 2.16. The van der Waals surface area contributed by atoms with E-state index in [9.17, 15) is 4.79 Å². The molecule has 0 bridgehead atoms. The van der Waals surface area contributed by atoms with E-state index in [2.05, 4.69) is 15.1 Å².